The molecule has 0 radical (unpaired) electrons. The molecule has 6 nitrogen and oxygen atoms in total. The first-order valence-electron chi connectivity index (χ1n) is 3.72. The number of aryl methyl sites for hydroxylation is 1. The molecule has 0 aromatic carbocycles. The highest BCUT2D eigenvalue weighted by molar-refractivity contribution is 5.96. The Balaban J connectivity index is 2.82. The van der Waals surface area contributed by atoms with Crippen molar-refractivity contribution in [2.75, 3.05) is 0 Å². The van der Waals surface area contributed by atoms with Gasteiger partial charge in [-0.25, -0.2) is 0 Å². The Labute approximate surface area is 69.7 Å². The van der Waals surface area contributed by atoms with E-state index in [0.717, 1.165) is 0 Å². The second kappa shape index (κ2) is 3.40. The SMILES string of the molecule is CCn1nnc(C(=O)C(C)N)n1. The van der Waals surface area contributed by atoms with Gasteiger partial charge in [-0.1, -0.05) is 0 Å². The van der Waals surface area contributed by atoms with Crippen LogP contribution >= 0.6 is 0 Å². The molecular weight excluding hydrogens is 158 g/mol. The summed E-state index contributed by atoms with van der Waals surface area (Å²) in [6.07, 6.45) is 0. The van der Waals surface area contributed by atoms with Crippen molar-refractivity contribution < 1.29 is 4.79 Å². The molecule has 0 saturated carbocycles. The molecule has 1 unspecified atom stereocenters. The van der Waals surface area contributed by atoms with Crippen LogP contribution in [0.15, 0.2) is 0 Å². The van der Waals surface area contributed by atoms with Crippen molar-refractivity contribution in [2.45, 2.75) is 26.4 Å². The van der Waals surface area contributed by atoms with Crippen LogP contribution in [0.25, 0.3) is 0 Å². The van der Waals surface area contributed by atoms with Crippen molar-refractivity contribution in [3.05, 3.63) is 5.82 Å². The molecule has 0 amide bonds. The Morgan fingerprint density at radius 1 is 1.75 bits per heavy atom. The summed E-state index contributed by atoms with van der Waals surface area (Å²) in [6, 6.07) is -0.570. The highest BCUT2D eigenvalue weighted by Crippen LogP contribution is 1.92. The molecule has 66 valence electrons. The van der Waals surface area contributed by atoms with E-state index in [0.29, 0.717) is 6.54 Å². The fourth-order valence-corrected chi connectivity index (χ4v) is 0.679. The number of carbonyl (C=O) groups is 1. The van der Waals surface area contributed by atoms with E-state index in [1.165, 1.54) is 4.80 Å². The summed E-state index contributed by atoms with van der Waals surface area (Å²) in [7, 11) is 0. The van der Waals surface area contributed by atoms with E-state index in [9.17, 15) is 4.79 Å². The van der Waals surface area contributed by atoms with Crippen molar-refractivity contribution in [3.8, 4) is 0 Å². The number of hydrogen-bond acceptors (Lipinski definition) is 5. The van der Waals surface area contributed by atoms with Crippen molar-refractivity contribution in [3.63, 3.8) is 0 Å². The van der Waals surface area contributed by atoms with Crippen molar-refractivity contribution in [1.82, 2.24) is 20.2 Å². The van der Waals surface area contributed by atoms with Crippen LogP contribution in [0.3, 0.4) is 0 Å². The van der Waals surface area contributed by atoms with Gasteiger partial charge in [0.2, 0.25) is 11.6 Å². The zero-order chi connectivity index (χ0) is 9.14. The number of nitrogens with two attached hydrogens (primary N) is 1. The lowest BCUT2D eigenvalue weighted by atomic mass is 10.2. The number of hydrogen-bond donors (Lipinski definition) is 1. The molecular formula is C6H11N5O. The number of tetrazole rings is 1. The number of carbonyl (C=O) groups excluding carboxylic acids is 1. The first-order chi connectivity index (χ1) is 5.65. The average Bonchev–Trinajstić information content (AvgIpc) is 2.50. The van der Waals surface area contributed by atoms with E-state index < -0.39 is 6.04 Å². The summed E-state index contributed by atoms with van der Waals surface area (Å²) < 4.78 is 0. The van der Waals surface area contributed by atoms with Gasteiger partial charge in [0.05, 0.1) is 12.6 Å². The molecule has 2 N–H and O–H groups in total. The summed E-state index contributed by atoms with van der Waals surface area (Å²) in [4.78, 5) is 12.5. The van der Waals surface area contributed by atoms with E-state index in [1.807, 2.05) is 6.92 Å². The summed E-state index contributed by atoms with van der Waals surface area (Å²) in [5.41, 5.74) is 5.35. The molecule has 1 rings (SSSR count). The fraction of sp³-hybridized carbons (Fsp3) is 0.667. The van der Waals surface area contributed by atoms with Gasteiger partial charge in [0.15, 0.2) is 0 Å². The molecule has 0 spiro atoms. The van der Waals surface area contributed by atoms with Gasteiger partial charge in [-0.05, 0) is 19.1 Å². The highest BCUT2D eigenvalue weighted by Gasteiger charge is 2.15. The molecule has 1 heterocycles. The summed E-state index contributed by atoms with van der Waals surface area (Å²) in [5, 5.41) is 11.0. The van der Waals surface area contributed by atoms with Gasteiger partial charge >= 0.3 is 0 Å². The third-order valence-corrected chi connectivity index (χ3v) is 1.37. The van der Waals surface area contributed by atoms with Crippen molar-refractivity contribution in [1.29, 1.82) is 0 Å². The van der Waals surface area contributed by atoms with Crippen LogP contribution in [0.2, 0.25) is 0 Å². The molecule has 0 aliphatic heterocycles. The van der Waals surface area contributed by atoms with Crippen LogP contribution < -0.4 is 5.73 Å². The largest absolute Gasteiger partial charge is 0.321 e. The molecule has 6 heteroatoms. The maximum absolute atomic E-state index is 11.2. The average molecular weight is 169 g/mol. The van der Waals surface area contributed by atoms with Crippen molar-refractivity contribution >= 4 is 5.78 Å². The zero-order valence-electron chi connectivity index (χ0n) is 7.06. The normalized spacial score (nSPS) is 12.9. The Morgan fingerprint density at radius 3 is 2.83 bits per heavy atom. The number of ketones is 1. The molecule has 12 heavy (non-hydrogen) atoms. The minimum absolute atomic E-state index is 0.0897. The molecule has 0 aliphatic rings. The lowest BCUT2D eigenvalue weighted by Gasteiger charge is -1.96. The topological polar surface area (TPSA) is 86.7 Å². The highest BCUT2D eigenvalue weighted by atomic mass is 16.1. The maximum atomic E-state index is 11.2. The van der Waals surface area contributed by atoms with Crippen LogP contribution in [-0.2, 0) is 6.54 Å². The molecule has 0 saturated heterocycles. The number of rotatable bonds is 3. The predicted octanol–water partition coefficient (Wildman–Crippen LogP) is -0.777. The van der Waals surface area contributed by atoms with Crippen LogP contribution in [0.4, 0.5) is 0 Å². The smallest absolute Gasteiger partial charge is 0.242 e. The zero-order valence-corrected chi connectivity index (χ0v) is 7.06. The lowest BCUT2D eigenvalue weighted by molar-refractivity contribution is 0.0957. The minimum atomic E-state index is -0.570. The Hall–Kier alpha value is -1.30. The molecule has 1 atom stereocenters. The summed E-state index contributed by atoms with van der Waals surface area (Å²) in [6.45, 7) is 4.05. The van der Waals surface area contributed by atoms with Crippen LogP contribution in [0.5, 0.6) is 0 Å². The van der Waals surface area contributed by atoms with Crippen molar-refractivity contribution in [2.24, 2.45) is 5.73 Å². The minimum Gasteiger partial charge on any atom is -0.321 e. The fourth-order valence-electron chi connectivity index (χ4n) is 0.679. The van der Waals surface area contributed by atoms with Gasteiger partial charge in [0.1, 0.15) is 0 Å². The molecule has 1 aromatic rings. The Kier molecular flexibility index (Phi) is 2.49. The first-order valence-corrected chi connectivity index (χ1v) is 3.72. The second-order valence-corrected chi connectivity index (χ2v) is 2.45. The summed E-state index contributed by atoms with van der Waals surface area (Å²) in [5.74, 6) is -0.193. The third kappa shape index (κ3) is 1.65. The van der Waals surface area contributed by atoms with Gasteiger partial charge in [0, 0.05) is 0 Å². The van der Waals surface area contributed by atoms with Gasteiger partial charge in [-0.2, -0.15) is 4.80 Å². The molecule has 0 aliphatic carbocycles. The van der Waals surface area contributed by atoms with Gasteiger partial charge in [-0.3, -0.25) is 4.79 Å². The molecule has 1 aromatic heterocycles. The van der Waals surface area contributed by atoms with E-state index in [-0.39, 0.29) is 11.6 Å². The molecule has 0 bridgehead atoms. The number of nitrogens with zero attached hydrogens (tertiary/aromatic N) is 4. The van der Waals surface area contributed by atoms with E-state index in [4.69, 9.17) is 5.73 Å². The first kappa shape index (κ1) is 8.79. The van der Waals surface area contributed by atoms with Crippen LogP contribution in [0.1, 0.15) is 24.5 Å². The monoisotopic (exact) mass is 169 g/mol. The Bertz CT molecular complexity index is 279. The van der Waals surface area contributed by atoms with Crippen LogP contribution in [-0.4, -0.2) is 32.0 Å². The van der Waals surface area contributed by atoms with Gasteiger partial charge < -0.3 is 5.73 Å². The van der Waals surface area contributed by atoms with E-state index >= 15 is 0 Å². The maximum Gasteiger partial charge on any atom is 0.242 e. The Morgan fingerprint density at radius 2 is 2.42 bits per heavy atom. The standard InChI is InChI=1S/C6H11N5O/c1-3-11-9-6(8-10-11)5(12)4(2)7/h4H,3,7H2,1-2H3. The van der Waals surface area contributed by atoms with Crippen LogP contribution in [0, 0.1) is 0 Å². The predicted molar refractivity (Wildman–Crippen MR) is 41.5 cm³/mol. The van der Waals surface area contributed by atoms with Gasteiger partial charge in [0.25, 0.3) is 0 Å². The van der Waals surface area contributed by atoms with Gasteiger partial charge in [-0.15, -0.1) is 10.2 Å². The lowest BCUT2D eigenvalue weighted by Crippen LogP contribution is -2.27. The second-order valence-electron chi connectivity index (χ2n) is 2.45. The number of Topliss-reactive ketones (excluding diaryl/α,β-unsaturated/α-hetero) is 1. The molecule has 0 fully saturated rings. The van der Waals surface area contributed by atoms with E-state index in [1.54, 1.807) is 6.92 Å². The third-order valence-electron chi connectivity index (χ3n) is 1.37. The number of aromatic nitrogens is 4. The quantitative estimate of drug-likeness (QED) is 0.600. The van der Waals surface area contributed by atoms with E-state index in [2.05, 4.69) is 15.4 Å². The summed E-state index contributed by atoms with van der Waals surface area (Å²) >= 11 is 0.